The van der Waals surface area contributed by atoms with Crippen LogP contribution in [0.15, 0.2) is 34.7 Å². The van der Waals surface area contributed by atoms with Gasteiger partial charge in [-0.3, -0.25) is 4.79 Å². The van der Waals surface area contributed by atoms with Crippen molar-refractivity contribution in [2.24, 2.45) is 0 Å². The van der Waals surface area contributed by atoms with Crippen LogP contribution in [0.3, 0.4) is 0 Å². The molecule has 0 aliphatic carbocycles. The molecule has 0 radical (unpaired) electrons. The Bertz CT molecular complexity index is 636. The predicted octanol–water partition coefficient (Wildman–Crippen LogP) is 3.73. The summed E-state index contributed by atoms with van der Waals surface area (Å²) in [5.41, 5.74) is 3.01. The summed E-state index contributed by atoms with van der Waals surface area (Å²) in [4.78, 5) is 14.6. The fourth-order valence-corrected chi connectivity index (χ4v) is 2.58. The first-order valence-corrected chi connectivity index (χ1v) is 7.12. The molecular weight excluding hydrogens is 250 g/mol. The molecule has 3 heteroatoms. The Labute approximate surface area is 119 Å². The Hall–Kier alpha value is -2.03. The maximum atomic E-state index is 12.4. The third-order valence-electron chi connectivity index (χ3n) is 4.00. The van der Waals surface area contributed by atoms with Crippen molar-refractivity contribution in [1.29, 1.82) is 0 Å². The average molecular weight is 269 g/mol. The minimum atomic E-state index is -0.0430. The number of hydrogen-bond donors (Lipinski definition) is 0. The van der Waals surface area contributed by atoms with Gasteiger partial charge in [0.1, 0.15) is 0 Å². The number of aryl methyl sites for hydroxylation is 2. The highest BCUT2D eigenvalue weighted by molar-refractivity contribution is 6.07. The smallest absolute Gasteiger partial charge is 0.228 e. The lowest BCUT2D eigenvalue weighted by molar-refractivity contribution is 0.101. The van der Waals surface area contributed by atoms with Gasteiger partial charge in [0.05, 0.1) is 0 Å². The Morgan fingerprint density at radius 2 is 1.80 bits per heavy atom. The Kier molecular flexibility index (Phi) is 3.35. The number of furan rings is 1. The van der Waals surface area contributed by atoms with Crippen molar-refractivity contribution in [3.05, 3.63) is 52.8 Å². The summed E-state index contributed by atoms with van der Waals surface area (Å²) in [6.07, 6.45) is 2.39. The van der Waals surface area contributed by atoms with Crippen LogP contribution in [0.25, 0.3) is 0 Å². The van der Waals surface area contributed by atoms with Crippen LogP contribution >= 0.6 is 0 Å². The van der Waals surface area contributed by atoms with E-state index in [0.717, 1.165) is 24.5 Å². The molecule has 1 aromatic heterocycles. The second-order valence-corrected chi connectivity index (χ2v) is 5.46. The first-order chi connectivity index (χ1) is 9.65. The first-order valence-electron chi connectivity index (χ1n) is 7.12. The SMILES string of the molecule is Cc1ccc(C(=O)c2ccc(N3CCCC3)o2)cc1C. The summed E-state index contributed by atoms with van der Waals surface area (Å²) in [5, 5.41) is 0. The lowest BCUT2D eigenvalue weighted by atomic mass is 10.0. The molecule has 1 aliphatic rings. The van der Waals surface area contributed by atoms with Crippen molar-refractivity contribution in [2.75, 3.05) is 18.0 Å². The molecule has 3 rings (SSSR count). The number of anilines is 1. The van der Waals surface area contributed by atoms with Crippen molar-refractivity contribution in [2.45, 2.75) is 26.7 Å². The van der Waals surface area contributed by atoms with E-state index in [1.165, 1.54) is 18.4 Å². The lowest BCUT2D eigenvalue weighted by Crippen LogP contribution is -2.16. The number of carbonyl (C=O) groups excluding carboxylic acids is 1. The van der Waals surface area contributed by atoms with E-state index in [4.69, 9.17) is 4.42 Å². The lowest BCUT2D eigenvalue weighted by Gasteiger charge is -2.12. The third kappa shape index (κ3) is 2.36. The molecule has 1 saturated heterocycles. The molecule has 1 aromatic carbocycles. The number of hydrogen-bond acceptors (Lipinski definition) is 3. The van der Waals surface area contributed by atoms with Crippen LogP contribution in [0, 0.1) is 13.8 Å². The normalized spacial score (nSPS) is 14.8. The highest BCUT2D eigenvalue weighted by Crippen LogP contribution is 2.24. The fourth-order valence-electron chi connectivity index (χ4n) is 2.58. The van der Waals surface area contributed by atoms with Gasteiger partial charge in [-0.2, -0.15) is 0 Å². The number of ketones is 1. The van der Waals surface area contributed by atoms with E-state index in [0.29, 0.717) is 11.3 Å². The summed E-state index contributed by atoms with van der Waals surface area (Å²) >= 11 is 0. The van der Waals surface area contributed by atoms with Crippen LogP contribution in [0.5, 0.6) is 0 Å². The number of nitrogens with zero attached hydrogens (tertiary/aromatic N) is 1. The number of rotatable bonds is 3. The van der Waals surface area contributed by atoms with Gasteiger partial charge in [0.15, 0.2) is 11.6 Å². The van der Waals surface area contributed by atoms with E-state index in [-0.39, 0.29) is 5.78 Å². The van der Waals surface area contributed by atoms with Crippen LogP contribution in [0.4, 0.5) is 5.88 Å². The second-order valence-electron chi connectivity index (χ2n) is 5.46. The van der Waals surface area contributed by atoms with Crippen molar-refractivity contribution in [1.82, 2.24) is 0 Å². The van der Waals surface area contributed by atoms with E-state index in [2.05, 4.69) is 4.90 Å². The monoisotopic (exact) mass is 269 g/mol. The molecule has 1 fully saturated rings. The van der Waals surface area contributed by atoms with Gasteiger partial charge in [-0.1, -0.05) is 12.1 Å². The predicted molar refractivity (Wildman–Crippen MR) is 79.5 cm³/mol. The molecule has 0 saturated carbocycles. The van der Waals surface area contributed by atoms with Gasteiger partial charge in [0.25, 0.3) is 0 Å². The topological polar surface area (TPSA) is 33.5 Å². The molecule has 104 valence electrons. The van der Waals surface area contributed by atoms with Gasteiger partial charge in [0.2, 0.25) is 5.78 Å². The molecular formula is C17H19NO2. The molecule has 0 N–H and O–H groups in total. The maximum absolute atomic E-state index is 12.4. The Balaban J connectivity index is 1.84. The van der Waals surface area contributed by atoms with Crippen LogP contribution in [-0.4, -0.2) is 18.9 Å². The van der Waals surface area contributed by atoms with Crippen molar-refractivity contribution < 1.29 is 9.21 Å². The molecule has 2 heterocycles. The zero-order valence-electron chi connectivity index (χ0n) is 12.0. The molecule has 20 heavy (non-hydrogen) atoms. The summed E-state index contributed by atoms with van der Waals surface area (Å²) in [6, 6.07) is 9.45. The van der Waals surface area contributed by atoms with Gasteiger partial charge < -0.3 is 9.32 Å². The zero-order chi connectivity index (χ0) is 14.1. The summed E-state index contributed by atoms with van der Waals surface area (Å²) in [6.45, 7) is 6.10. The average Bonchev–Trinajstić information content (AvgIpc) is 3.11. The van der Waals surface area contributed by atoms with Gasteiger partial charge in [-0.05, 0) is 49.9 Å². The minimum Gasteiger partial charge on any atom is -0.437 e. The van der Waals surface area contributed by atoms with Gasteiger partial charge in [-0.25, -0.2) is 0 Å². The van der Waals surface area contributed by atoms with Crippen LogP contribution in [-0.2, 0) is 0 Å². The molecule has 3 nitrogen and oxygen atoms in total. The fraction of sp³-hybridized carbons (Fsp3) is 0.353. The van der Waals surface area contributed by atoms with Crippen LogP contribution in [0.2, 0.25) is 0 Å². The number of carbonyl (C=O) groups is 1. The quantitative estimate of drug-likeness (QED) is 0.796. The zero-order valence-corrected chi connectivity index (χ0v) is 12.0. The van der Waals surface area contributed by atoms with Gasteiger partial charge in [-0.15, -0.1) is 0 Å². The highest BCUT2D eigenvalue weighted by Gasteiger charge is 2.19. The largest absolute Gasteiger partial charge is 0.437 e. The van der Waals surface area contributed by atoms with Gasteiger partial charge in [0, 0.05) is 24.7 Å². The second kappa shape index (κ2) is 5.16. The first kappa shape index (κ1) is 13.0. The van der Waals surface area contributed by atoms with Crippen LogP contribution in [0.1, 0.15) is 40.1 Å². The highest BCUT2D eigenvalue weighted by atomic mass is 16.4. The molecule has 0 atom stereocenters. The minimum absolute atomic E-state index is 0.0430. The van der Waals surface area contributed by atoms with Crippen molar-refractivity contribution >= 4 is 11.7 Å². The molecule has 0 unspecified atom stereocenters. The molecule has 1 aliphatic heterocycles. The summed E-state index contributed by atoms with van der Waals surface area (Å²) < 4.78 is 5.73. The molecule has 2 aromatic rings. The summed E-state index contributed by atoms with van der Waals surface area (Å²) in [7, 11) is 0. The van der Waals surface area contributed by atoms with E-state index in [1.54, 1.807) is 6.07 Å². The Morgan fingerprint density at radius 1 is 1.05 bits per heavy atom. The van der Waals surface area contributed by atoms with Crippen molar-refractivity contribution in [3.8, 4) is 0 Å². The molecule has 0 bridgehead atoms. The Morgan fingerprint density at radius 3 is 2.50 bits per heavy atom. The van der Waals surface area contributed by atoms with Gasteiger partial charge >= 0.3 is 0 Å². The maximum Gasteiger partial charge on any atom is 0.228 e. The van der Waals surface area contributed by atoms with Crippen molar-refractivity contribution in [3.63, 3.8) is 0 Å². The molecule has 0 spiro atoms. The third-order valence-corrected chi connectivity index (χ3v) is 4.00. The van der Waals surface area contributed by atoms with E-state index >= 15 is 0 Å². The summed E-state index contributed by atoms with van der Waals surface area (Å²) in [5.74, 6) is 1.20. The molecule has 0 amide bonds. The van der Waals surface area contributed by atoms with Crippen LogP contribution < -0.4 is 4.90 Å². The standard InChI is InChI=1S/C17H19NO2/c1-12-5-6-14(11-13(12)2)17(19)15-7-8-16(20-15)18-9-3-4-10-18/h5-8,11H,3-4,9-10H2,1-2H3. The van der Waals surface area contributed by atoms with E-state index < -0.39 is 0 Å². The number of benzene rings is 1. The van der Waals surface area contributed by atoms with E-state index in [9.17, 15) is 4.79 Å². The van der Waals surface area contributed by atoms with E-state index in [1.807, 2.05) is 38.1 Å².